The van der Waals surface area contributed by atoms with E-state index in [4.69, 9.17) is 9.84 Å². The van der Waals surface area contributed by atoms with Crippen LogP contribution in [0.15, 0.2) is 61.1 Å². The predicted octanol–water partition coefficient (Wildman–Crippen LogP) is 3.01. The highest BCUT2D eigenvalue weighted by Crippen LogP contribution is 2.44. The summed E-state index contributed by atoms with van der Waals surface area (Å²) in [5.41, 5.74) is 4.54. The highest BCUT2D eigenvalue weighted by Gasteiger charge is 2.29. The maximum atomic E-state index is 12.3. The van der Waals surface area contributed by atoms with Crippen molar-refractivity contribution in [2.24, 2.45) is 0 Å². The number of imidazole rings is 1. The van der Waals surface area contributed by atoms with E-state index in [0.29, 0.717) is 13.1 Å². The van der Waals surface area contributed by atoms with Gasteiger partial charge in [0.2, 0.25) is 5.91 Å². The van der Waals surface area contributed by atoms with Crippen molar-refractivity contribution < 1.29 is 24.2 Å². The average Bonchev–Trinajstić information content (AvgIpc) is 3.41. The van der Waals surface area contributed by atoms with E-state index in [1.54, 1.807) is 11.5 Å². The summed E-state index contributed by atoms with van der Waals surface area (Å²) in [6.07, 6.45) is 2.32. The van der Waals surface area contributed by atoms with E-state index in [9.17, 15) is 14.4 Å². The number of rotatable bonds is 9. The van der Waals surface area contributed by atoms with E-state index in [0.717, 1.165) is 22.3 Å². The van der Waals surface area contributed by atoms with Gasteiger partial charge in [0.05, 0.1) is 6.33 Å². The summed E-state index contributed by atoms with van der Waals surface area (Å²) in [5, 5.41) is 14.3. The molecule has 0 saturated carbocycles. The zero-order valence-electron chi connectivity index (χ0n) is 18.7. The van der Waals surface area contributed by atoms with Gasteiger partial charge in [0, 0.05) is 37.7 Å². The molecule has 2 amide bonds. The van der Waals surface area contributed by atoms with E-state index in [-0.39, 0.29) is 30.5 Å². The van der Waals surface area contributed by atoms with Crippen molar-refractivity contribution >= 4 is 18.0 Å². The molecule has 0 unspecified atom stereocenters. The molecule has 4 rings (SSSR count). The first-order chi connectivity index (χ1) is 16.4. The molecule has 1 aromatic heterocycles. The molecule has 1 aliphatic carbocycles. The number of nitrogens with one attached hydrogen (secondary N) is 2. The summed E-state index contributed by atoms with van der Waals surface area (Å²) in [5.74, 6) is -1.36. The topological polar surface area (TPSA) is 123 Å². The number of aromatic carboxylic acids is 1. The number of carbonyl (C=O) groups excluding carboxylic acids is 2. The molecular weight excluding hydrogens is 436 g/mol. The molecule has 9 nitrogen and oxygen atoms in total. The Labute approximate surface area is 196 Å². The van der Waals surface area contributed by atoms with Gasteiger partial charge in [-0.2, -0.15) is 0 Å². The van der Waals surface area contributed by atoms with Gasteiger partial charge in [0.1, 0.15) is 6.61 Å². The van der Waals surface area contributed by atoms with Crippen LogP contribution in [0, 0.1) is 0 Å². The Bertz CT molecular complexity index is 1160. The van der Waals surface area contributed by atoms with Crippen molar-refractivity contribution in [3.05, 3.63) is 77.9 Å². The van der Waals surface area contributed by atoms with Gasteiger partial charge in [-0.1, -0.05) is 48.5 Å². The Morgan fingerprint density at radius 1 is 1.09 bits per heavy atom. The molecule has 176 valence electrons. The lowest BCUT2D eigenvalue weighted by molar-refractivity contribution is -0.121. The van der Waals surface area contributed by atoms with Crippen molar-refractivity contribution in [2.45, 2.75) is 31.8 Å². The zero-order valence-corrected chi connectivity index (χ0v) is 18.7. The van der Waals surface area contributed by atoms with Crippen molar-refractivity contribution in [2.75, 3.05) is 13.2 Å². The number of nitrogens with zero attached hydrogens (tertiary/aromatic N) is 2. The third-order valence-corrected chi connectivity index (χ3v) is 5.74. The van der Waals surface area contributed by atoms with Crippen LogP contribution >= 0.6 is 0 Å². The molecule has 0 bridgehead atoms. The Kier molecular flexibility index (Phi) is 6.91. The molecule has 0 aliphatic heterocycles. The molecule has 2 aromatic carbocycles. The number of ether oxygens (including phenoxy) is 1. The summed E-state index contributed by atoms with van der Waals surface area (Å²) >= 11 is 0. The van der Waals surface area contributed by atoms with Crippen LogP contribution < -0.4 is 10.6 Å². The summed E-state index contributed by atoms with van der Waals surface area (Å²) in [6, 6.07) is 15.8. The second-order valence-electron chi connectivity index (χ2n) is 8.23. The first kappa shape index (κ1) is 23.0. The molecule has 9 heteroatoms. The minimum atomic E-state index is -1.10. The molecule has 1 heterocycles. The van der Waals surface area contributed by atoms with Crippen molar-refractivity contribution in [1.82, 2.24) is 20.2 Å². The van der Waals surface area contributed by atoms with Gasteiger partial charge in [0.15, 0.2) is 5.69 Å². The second-order valence-corrected chi connectivity index (χ2v) is 8.23. The molecule has 34 heavy (non-hydrogen) atoms. The summed E-state index contributed by atoms with van der Waals surface area (Å²) in [7, 11) is 0. The van der Waals surface area contributed by atoms with Crippen LogP contribution in [-0.2, 0) is 16.1 Å². The molecule has 0 radical (unpaired) electrons. The first-order valence-electron chi connectivity index (χ1n) is 11.1. The molecule has 3 N–H and O–H groups in total. The fourth-order valence-electron chi connectivity index (χ4n) is 4.16. The Balaban J connectivity index is 1.21. The Morgan fingerprint density at radius 2 is 1.74 bits per heavy atom. The van der Waals surface area contributed by atoms with Gasteiger partial charge in [-0.25, -0.2) is 14.6 Å². The number of carboxylic acids is 1. The number of amides is 2. The van der Waals surface area contributed by atoms with Crippen LogP contribution in [0.4, 0.5) is 4.79 Å². The first-order valence-corrected chi connectivity index (χ1v) is 11.1. The fourth-order valence-corrected chi connectivity index (χ4v) is 4.16. The lowest BCUT2D eigenvalue weighted by atomic mass is 9.98. The van der Waals surface area contributed by atoms with E-state index >= 15 is 0 Å². The molecule has 0 saturated heterocycles. The van der Waals surface area contributed by atoms with Gasteiger partial charge in [0.25, 0.3) is 0 Å². The third kappa shape index (κ3) is 5.25. The van der Waals surface area contributed by atoms with Gasteiger partial charge < -0.3 is 25.0 Å². The highest BCUT2D eigenvalue weighted by molar-refractivity contribution is 5.85. The number of fused-ring (bicyclic) bond motifs is 3. The summed E-state index contributed by atoms with van der Waals surface area (Å²) in [6.45, 7) is 2.64. The predicted molar refractivity (Wildman–Crippen MR) is 124 cm³/mol. The molecular formula is C25H26N4O5. The number of hydrogen-bond acceptors (Lipinski definition) is 5. The van der Waals surface area contributed by atoms with Crippen molar-refractivity contribution in [3.63, 3.8) is 0 Å². The largest absolute Gasteiger partial charge is 0.476 e. The maximum absolute atomic E-state index is 12.3. The minimum Gasteiger partial charge on any atom is -0.476 e. The van der Waals surface area contributed by atoms with E-state index < -0.39 is 18.1 Å². The standard InChI is InChI=1S/C25H26N4O5/c1-16(12-23(30)26-10-11-29-13-22(24(31)32)27-15-29)28-25(33)34-14-21-19-8-4-2-6-17(19)18-7-3-5-9-20(18)21/h2-9,13,15-16,21H,10-12,14H2,1H3,(H,26,30)(H,28,33)(H,31,32)/t16-/m0/s1. The lowest BCUT2D eigenvalue weighted by Gasteiger charge is -2.17. The van der Waals surface area contributed by atoms with Gasteiger partial charge in [-0.3, -0.25) is 4.79 Å². The average molecular weight is 463 g/mol. The normalized spacial score (nSPS) is 13.0. The molecule has 0 fully saturated rings. The van der Waals surface area contributed by atoms with Gasteiger partial charge in [-0.15, -0.1) is 0 Å². The smallest absolute Gasteiger partial charge is 0.407 e. The lowest BCUT2D eigenvalue weighted by Crippen LogP contribution is -2.38. The highest BCUT2D eigenvalue weighted by atomic mass is 16.5. The van der Waals surface area contributed by atoms with Crippen molar-refractivity contribution in [1.29, 1.82) is 0 Å². The number of carboxylic acid groups (broad SMARTS) is 1. The van der Waals surface area contributed by atoms with Crippen LogP contribution in [0.3, 0.4) is 0 Å². The SMILES string of the molecule is C[C@@H](CC(=O)NCCn1cnc(C(=O)O)c1)NC(=O)OCC1c2ccccc2-c2ccccc21. The van der Waals surface area contributed by atoms with Crippen LogP contribution in [0.25, 0.3) is 11.1 Å². The molecule has 1 aliphatic rings. The molecule has 1 atom stereocenters. The molecule has 3 aromatic rings. The quantitative estimate of drug-likeness (QED) is 0.449. The van der Waals surface area contributed by atoms with E-state index in [1.807, 2.05) is 24.3 Å². The number of alkyl carbamates (subject to hydrolysis) is 1. The van der Waals surface area contributed by atoms with Crippen LogP contribution in [-0.4, -0.2) is 51.8 Å². The number of aromatic nitrogens is 2. The summed E-state index contributed by atoms with van der Waals surface area (Å²) < 4.78 is 7.10. The minimum absolute atomic E-state index is 0.0263. The summed E-state index contributed by atoms with van der Waals surface area (Å²) in [4.78, 5) is 39.1. The van der Waals surface area contributed by atoms with Gasteiger partial charge >= 0.3 is 12.1 Å². The van der Waals surface area contributed by atoms with E-state index in [1.165, 1.54) is 12.5 Å². The monoisotopic (exact) mass is 462 g/mol. The van der Waals surface area contributed by atoms with Crippen LogP contribution in [0.2, 0.25) is 0 Å². The van der Waals surface area contributed by atoms with Gasteiger partial charge in [-0.05, 0) is 29.2 Å². The van der Waals surface area contributed by atoms with Crippen LogP contribution in [0.1, 0.15) is 40.9 Å². The van der Waals surface area contributed by atoms with Crippen LogP contribution in [0.5, 0.6) is 0 Å². The number of carbonyl (C=O) groups is 3. The number of hydrogen-bond donors (Lipinski definition) is 3. The Morgan fingerprint density at radius 3 is 2.35 bits per heavy atom. The second kappa shape index (κ2) is 10.2. The Hall–Kier alpha value is -4.14. The maximum Gasteiger partial charge on any atom is 0.407 e. The van der Waals surface area contributed by atoms with Crippen molar-refractivity contribution in [3.8, 4) is 11.1 Å². The fraction of sp³-hybridized carbons (Fsp3) is 0.280. The zero-order chi connectivity index (χ0) is 24.1. The molecule has 0 spiro atoms. The number of benzene rings is 2. The third-order valence-electron chi connectivity index (χ3n) is 5.74. The van der Waals surface area contributed by atoms with E-state index in [2.05, 4.69) is 39.9 Å².